The van der Waals surface area contributed by atoms with Crippen molar-refractivity contribution in [3.63, 3.8) is 0 Å². The van der Waals surface area contributed by atoms with Crippen molar-refractivity contribution in [3.8, 4) is 11.5 Å². The number of para-hydroxylation sites is 1. The van der Waals surface area contributed by atoms with Crippen molar-refractivity contribution in [3.05, 3.63) is 65.8 Å². The Morgan fingerprint density at radius 3 is 2.47 bits per heavy atom. The van der Waals surface area contributed by atoms with Crippen LogP contribution in [0.25, 0.3) is 11.5 Å². The topological polar surface area (TPSA) is 65.7 Å². The number of carbonyl (C=O) groups is 1. The van der Waals surface area contributed by atoms with Crippen LogP contribution in [-0.2, 0) is 6.54 Å². The molecule has 1 spiro atoms. The van der Waals surface area contributed by atoms with Gasteiger partial charge in [-0.15, -0.1) is 10.2 Å². The van der Waals surface area contributed by atoms with E-state index < -0.39 is 18.1 Å². The first kappa shape index (κ1) is 23.4. The third kappa shape index (κ3) is 4.24. The number of thioether (sulfide) groups is 1. The molecule has 1 aromatic heterocycles. The Kier molecular flexibility index (Phi) is 5.91. The molecule has 3 aliphatic rings. The molecule has 0 saturated carbocycles. The van der Waals surface area contributed by atoms with Crippen LogP contribution in [0.15, 0.2) is 52.9 Å². The molecule has 3 fully saturated rings. The number of rotatable bonds is 6. The molecule has 0 atom stereocenters. The molecule has 0 unspecified atom stereocenters. The molecule has 2 aromatic carbocycles. The summed E-state index contributed by atoms with van der Waals surface area (Å²) in [7, 11) is 0. The van der Waals surface area contributed by atoms with Crippen molar-refractivity contribution in [1.82, 2.24) is 20.0 Å². The van der Waals surface area contributed by atoms with Crippen LogP contribution >= 0.6 is 11.8 Å². The zero-order chi connectivity index (χ0) is 24.9. The highest BCUT2D eigenvalue weighted by atomic mass is 32.2. The van der Waals surface area contributed by atoms with Gasteiger partial charge in [-0.1, -0.05) is 24.3 Å². The van der Waals surface area contributed by atoms with Gasteiger partial charge >= 0.3 is 12.5 Å². The molecule has 3 aliphatic heterocycles. The van der Waals surface area contributed by atoms with Crippen LogP contribution in [0.4, 0.5) is 23.7 Å². The van der Waals surface area contributed by atoms with Crippen molar-refractivity contribution >= 4 is 23.5 Å². The molecule has 7 nitrogen and oxygen atoms in total. The van der Waals surface area contributed by atoms with E-state index in [0.29, 0.717) is 24.8 Å². The van der Waals surface area contributed by atoms with Crippen LogP contribution in [-0.4, -0.2) is 69.8 Å². The maximum absolute atomic E-state index is 15.1. The van der Waals surface area contributed by atoms with Crippen molar-refractivity contribution in [2.75, 3.05) is 42.6 Å². The number of aromatic nitrogens is 2. The van der Waals surface area contributed by atoms with Gasteiger partial charge in [-0.2, -0.15) is 20.5 Å². The number of carbonyl (C=O) groups excluding carboxylic acids is 1. The van der Waals surface area contributed by atoms with Crippen molar-refractivity contribution in [2.24, 2.45) is 5.41 Å². The fourth-order valence-corrected chi connectivity index (χ4v) is 5.94. The van der Waals surface area contributed by atoms with Gasteiger partial charge in [0.15, 0.2) is 0 Å². The minimum absolute atomic E-state index is 0.0238. The summed E-state index contributed by atoms with van der Waals surface area (Å²) < 4.78 is 45.5. The summed E-state index contributed by atoms with van der Waals surface area (Å²) in [5.41, 5.74) is 1.34. The molecule has 3 saturated heterocycles. The number of benzene rings is 2. The lowest BCUT2D eigenvalue weighted by Gasteiger charge is -2.63. The summed E-state index contributed by atoms with van der Waals surface area (Å²) in [4.78, 5) is 19.4. The monoisotopic (exact) mass is 515 g/mol. The summed E-state index contributed by atoms with van der Waals surface area (Å²) in [6.45, 7) is 3.50. The van der Waals surface area contributed by atoms with Crippen LogP contribution in [0.5, 0.6) is 0 Å². The smallest absolute Gasteiger partial charge is 0.324 e. The molecule has 0 aliphatic carbocycles. The van der Waals surface area contributed by atoms with Gasteiger partial charge in [-0.3, -0.25) is 9.80 Å². The minimum Gasteiger partial charge on any atom is -0.415 e. The Morgan fingerprint density at radius 2 is 1.86 bits per heavy atom. The molecular weight excluding hydrogens is 491 g/mol. The average molecular weight is 516 g/mol. The molecule has 36 heavy (non-hydrogen) atoms. The number of nitrogens with zero attached hydrogens (tertiary/aromatic N) is 5. The van der Waals surface area contributed by atoms with Crippen LogP contribution < -0.4 is 4.90 Å². The first-order valence-corrected chi connectivity index (χ1v) is 12.9. The SMILES string of the molecule is O=C(N1CC2(C1)CN(C1CSC1)C2)N(Cc1ccc(-c2nnc(C(F)F)o2)cc1F)c1ccccc1. The summed E-state index contributed by atoms with van der Waals surface area (Å²) in [6.07, 6.45) is -2.90. The van der Waals surface area contributed by atoms with E-state index in [4.69, 9.17) is 4.42 Å². The summed E-state index contributed by atoms with van der Waals surface area (Å²) in [5, 5.41) is 6.86. The Morgan fingerprint density at radius 1 is 1.11 bits per heavy atom. The molecule has 11 heteroatoms. The number of urea groups is 1. The predicted octanol–water partition coefficient (Wildman–Crippen LogP) is 4.67. The molecule has 0 bridgehead atoms. The second-order valence-corrected chi connectivity index (χ2v) is 10.8. The lowest BCUT2D eigenvalue weighted by Crippen LogP contribution is -2.76. The summed E-state index contributed by atoms with van der Waals surface area (Å²) >= 11 is 1.97. The third-order valence-electron chi connectivity index (χ3n) is 7.09. The molecule has 0 radical (unpaired) electrons. The summed E-state index contributed by atoms with van der Waals surface area (Å²) in [5.74, 6) is 0.803. The number of likely N-dealkylation sites (tertiary alicyclic amines) is 2. The Labute approximate surface area is 210 Å². The van der Waals surface area contributed by atoms with Gasteiger partial charge in [0.1, 0.15) is 5.82 Å². The predicted molar refractivity (Wildman–Crippen MR) is 129 cm³/mol. The molecule has 4 heterocycles. The largest absolute Gasteiger partial charge is 0.415 e. The van der Waals surface area contributed by atoms with E-state index in [-0.39, 0.29) is 35.0 Å². The molecule has 2 amide bonds. The molecule has 3 aromatic rings. The quantitative estimate of drug-likeness (QED) is 0.475. The third-order valence-corrected chi connectivity index (χ3v) is 8.33. The van der Waals surface area contributed by atoms with Gasteiger partial charge in [-0.05, 0) is 24.3 Å². The van der Waals surface area contributed by atoms with E-state index in [9.17, 15) is 13.6 Å². The van der Waals surface area contributed by atoms with Gasteiger partial charge in [0.2, 0.25) is 5.89 Å². The molecular formula is C25H24F3N5O2S. The van der Waals surface area contributed by atoms with Crippen LogP contribution in [0.2, 0.25) is 0 Å². The number of anilines is 1. The first-order chi connectivity index (χ1) is 17.4. The second kappa shape index (κ2) is 9.11. The Balaban J connectivity index is 1.17. The second-order valence-electron chi connectivity index (χ2n) is 9.71. The lowest BCUT2D eigenvalue weighted by molar-refractivity contribution is -0.106. The van der Waals surface area contributed by atoms with Gasteiger partial charge in [-0.25, -0.2) is 9.18 Å². The molecule has 188 valence electrons. The van der Waals surface area contributed by atoms with Crippen LogP contribution in [0.3, 0.4) is 0 Å². The van der Waals surface area contributed by atoms with Crippen molar-refractivity contribution in [1.29, 1.82) is 0 Å². The van der Waals surface area contributed by atoms with Crippen molar-refractivity contribution < 1.29 is 22.4 Å². The zero-order valence-corrected chi connectivity index (χ0v) is 20.1. The minimum atomic E-state index is -2.90. The fraction of sp³-hybridized carbons (Fsp3) is 0.400. The molecule has 0 N–H and O–H groups in total. The van der Waals surface area contributed by atoms with E-state index in [1.54, 1.807) is 4.90 Å². The standard InChI is InChI=1S/C25H24F3N5O2S/c26-20-8-16(22-29-30-23(35-22)21(27)28)6-7-17(20)9-33(18-4-2-1-3-5-18)24(34)32-14-25(15-32)12-31(13-25)19-10-36-11-19/h1-8,19,21H,9-15H2. The van der Waals surface area contributed by atoms with Gasteiger partial charge < -0.3 is 9.32 Å². The van der Waals surface area contributed by atoms with E-state index in [1.807, 2.05) is 47.0 Å². The van der Waals surface area contributed by atoms with Crippen molar-refractivity contribution in [2.45, 2.75) is 19.0 Å². The number of halogens is 3. The van der Waals surface area contributed by atoms with Gasteiger partial charge in [0.25, 0.3) is 5.89 Å². The zero-order valence-electron chi connectivity index (χ0n) is 19.3. The lowest BCUT2D eigenvalue weighted by atomic mass is 9.72. The maximum Gasteiger partial charge on any atom is 0.324 e. The van der Waals surface area contributed by atoms with Crippen LogP contribution in [0.1, 0.15) is 17.9 Å². The Bertz CT molecular complexity index is 1260. The number of hydrogen-bond donors (Lipinski definition) is 0. The number of amides is 2. The first-order valence-electron chi connectivity index (χ1n) is 11.7. The highest BCUT2D eigenvalue weighted by Gasteiger charge is 2.55. The highest BCUT2D eigenvalue weighted by Crippen LogP contribution is 2.43. The molecule has 6 rings (SSSR count). The number of alkyl halides is 2. The van der Waals surface area contributed by atoms with Gasteiger partial charge in [0, 0.05) is 66.0 Å². The fourth-order valence-electron chi connectivity index (χ4n) is 5.07. The van der Waals surface area contributed by atoms with E-state index in [0.717, 1.165) is 19.2 Å². The van der Waals surface area contributed by atoms with Gasteiger partial charge in [0.05, 0.1) is 6.54 Å². The van der Waals surface area contributed by atoms with E-state index in [2.05, 4.69) is 15.1 Å². The Hall–Kier alpha value is -3.05. The highest BCUT2D eigenvalue weighted by molar-refractivity contribution is 8.00. The number of hydrogen-bond acceptors (Lipinski definition) is 6. The summed E-state index contributed by atoms with van der Waals surface area (Å²) in [6, 6.07) is 13.9. The van der Waals surface area contributed by atoms with E-state index >= 15 is 4.39 Å². The maximum atomic E-state index is 15.1. The average Bonchev–Trinajstić information content (AvgIpc) is 3.28. The normalized spacial score (nSPS) is 19.2. The van der Waals surface area contributed by atoms with E-state index in [1.165, 1.54) is 23.6 Å². The van der Waals surface area contributed by atoms with Crippen LogP contribution in [0, 0.1) is 11.2 Å².